The van der Waals surface area contributed by atoms with Crippen LogP contribution in [0.3, 0.4) is 0 Å². The van der Waals surface area contributed by atoms with Gasteiger partial charge in [0.15, 0.2) is 0 Å². The van der Waals surface area contributed by atoms with E-state index < -0.39 is 0 Å². The summed E-state index contributed by atoms with van der Waals surface area (Å²) in [7, 11) is 0. The van der Waals surface area contributed by atoms with Crippen molar-refractivity contribution in [3.05, 3.63) is 34.9 Å². The monoisotopic (exact) mass is 246 g/mol. The topological polar surface area (TPSA) is 17.1 Å². The predicted octanol–water partition coefficient (Wildman–Crippen LogP) is 4.63. The molecule has 1 atom stereocenters. The third kappa shape index (κ3) is 4.64. The van der Waals surface area contributed by atoms with Crippen molar-refractivity contribution in [2.24, 2.45) is 5.92 Å². The first-order chi connectivity index (χ1) is 8.56. The van der Waals surface area contributed by atoms with E-state index in [1.54, 1.807) is 0 Å². The van der Waals surface area contributed by atoms with Crippen molar-refractivity contribution in [2.75, 3.05) is 0 Å². The van der Waals surface area contributed by atoms with Gasteiger partial charge in [0, 0.05) is 12.3 Å². The molecule has 1 aromatic carbocycles. The lowest BCUT2D eigenvalue weighted by molar-refractivity contribution is -0.122. The number of rotatable bonds is 7. The van der Waals surface area contributed by atoms with Gasteiger partial charge in [-0.3, -0.25) is 4.79 Å². The molecular formula is C17H26O. The molecule has 1 rings (SSSR count). The average Bonchev–Trinajstić information content (AvgIpc) is 2.28. The number of hydrogen-bond acceptors (Lipinski definition) is 1. The summed E-state index contributed by atoms with van der Waals surface area (Å²) in [5.41, 5.74) is 3.67. The smallest absolute Gasteiger partial charge is 0.140 e. The van der Waals surface area contributed by atoms with Gasteiger partial charge in [-0.1, -0.05) is 56.0 Å². The fraction of sp³-hybridized carbons (Fsp3) is 0.588. The molecule has 0 amide bonds. The van der Waals surface area contributed by atoms with Crippen molar-refractivity contribution in [2.45, 2.75) is 59.8 Å². The highest BCUT2D eigenvalue weighted by Gasteiger charge is 2.16. The van der Waals surface area contributed by atoms with Gasteiger partial charge in [-0.15, -0.1) is 0 Å². The van der Waals surface area contributed by atoms with Gasteiger partial charge in [0.05, 0.1) is 0 Å². The third-order valence-corrected chi connectivity index (χ3v) is 3.51. The highest BCUT2D eigenvalue weighted by atomic mass is 16.1. The molecule has 0 aromatic heterocycles. The Hall–Kier alpha value is -1.11. The van der Waals surface area contributed by atoms with Gasteiger partial charge >= 0.3 is 0 Å². The molecule has 0 bridgehead atoms. The predicted molar refractivity (Wildman–Crippen MR) is 77.9 cm³/mol. The van der Waals surface area contributed by atoms with E-state index in [0.717, 1.165) is 19.3 Å². The van der Waals surface area contributed by atoms with Crippen molar-refractivity contribution in [3.63, 3.8) is 0 Å². The minimum atomic E-state index is 0.255. The lowest BCUT2D eigenvalue weighted by Gasteiger charge is -2.13. The van der Waals surface area contributed by atoms with Crippen LogP contribution in [0.2, 0.25) is 0 Å². The van der Waals surface area contributed by atoms with E-state index in [-0.39, 0.29) is 5.92 Å². The minimum Gasteiger partial charge on any atom is -0.299 e. The van der Waals surface area contributed by atoms with Crippen LogP contribution in [0.25, 0.3) is 0 Å². The van der Waals surface area contributed by atoms with Gasteiger partial charge in [-0.2, -0.15) is 0 Å². The van der Waals surface area contributed by atoms with Crippen molar-refractivity contribution >= 4 is 5.78 Å². The zero-order chi connectivity index (χ0) is 13.5. The fourth-order valence-corrected chi connectivity index (χ4v) is 2.56. The summed E-state index contributed by atoms with van der Waals surface area (Å²) in [5.74, 6) is 0.668. The molecule has 1 heteroatoms. The minimum absolute atomic E-state index is 0.255. The molecule has 0 spiro atoms. The Morgan fingerprint density at radius 3 is 2.22 bits per heavy atom. The Kier molecular flexibility index (Phi) is 6.11. The van der Waals surface area contributed by atoms with Gasteiger partial charge in [-0.25, -0.2) is 0 Å². The summed E-state index contributed by atoms with van der Waals surface area (Å²) in [6, 6.07) is 6.43. The highest BCUT2D eigenvalue weighted by molar-refractivity contribution is 5.83. The Labute approximate surface area is 112 Å². The van der Waals surface area contributed by atoms with Crippen LogP contribution in [0.1, 0.15) is 56.2 Å². The van der Waals surface area contributed by atoms with Crippen LogP contribution in [0.5, 0.6) is 0 Å². The first-order valence-corrected chi connectivity index (χ1v) is 7.16. The van der Waals surface area contributed by atoms with Gasteiger partial charge in [0.25, 0.3) is 0 Å². The lowest BCUT2D eigenvalue weighted by Crippen LogP contribution is -2.16. The molecule has 0 aliphatic heterocycles. The second kappa shape index (κ2) is 7.35. The van der Waals surface area contributed by atoms with Crippen molar-refractivity contribution in [3.8, 4) is 0 Å². The van der Waals surface area contributed by atoms with E-state index in [2.05, 4.69) is 45.9 Å². The van der Waals surface area contributed by atoms with Crippen LogP contribution < -0.4 is 0 Å². The molecule has 1 aromatic rings. The number of carbonyl (C=O) groups excluding carboxylic acids is 1. The zero-order valence-electron chi connectivity index (χ0n) is 12.3. The maximum atomic E-state index is 12.3. The summed E-state index contributed by atoms with van der Waals surface area (Å²) in [4.78, 5) is 12.3. The van der Waals surface area contributed by atoms with Gasteiger partial charge in [-0.05, 0) is 32.3 Å². The molecule has 0 aliphatic rings. The summed E-state index contributed by atoms with van der Waals surface area (Å²) in [5, 5.41) is 0. The molecular weight excluding hydrogens is 220 g/mol. The maximum Gasteiger partial charge on any atom is 0.140 e. The zero-order valence-corrected chi connectivity index (χ0v) is 12.3. The Balaban J connectivity index is 2.67. The molecule has 0 heterocycles. The molecule has 1 unspecified atom stereocenters. The SMILES string of the molecule is CCCCC(CC)C(=O)Cc1cc(C)cc(C)c1. The molecule has 0 saturated heterocycles. The summed E-state index contributed by atoms with van der Waals surface area (Å²) >= 11 is 0. The molecule has 0 aliphatic carbocycles. The summed E-state index contributed by atoms with van der Waals surface area (Å²) < 4.78 is 0. The molecule has 100 valence electrons. The third-order valence-electron chi connectivity index (χ3n) is 3.51. The lowest BCUT2D eigenvalue weighted by atomic mass is 9.90. The second-order valence-corrected chi connectivity index (χ2v) is 5.39. The number of unbranched alkanes of at least 4 members (excludes halogenated alkanes) is 1. The first kappa shape index (κ1) is 14.9. The summed E-state index contributed by atoms with van der Waals surface area (Å²) in [6.07, 6.45) is 4.97. The highest BCUT2D eigenvalue weighted by Crippen LogP contribution is 2.17. The van der Waals surface area contributed by atoms with E-state index in [1.165, 1.54) is 23.1 Å². The average molecular weight is 246 g/mol. The molecule has 1 nitrogen and oxygen atoms in total. The number of aryl methyl sites for hydroxylation is 2. The van der Waals surface area contributed by atoms with Crippen LogP contribution in [0.15, 0.2) is 18.2 Å². The molecule has 0 N–H and O–H groups in total. The number of Topliss-reactive ketones (excluding diaryl/α,β-unsaturated/α-hetero) is 1. The normalized spacial score (nSPS) is 12.4. The number of hydrogen-bond donors (Lipinski definition) is 0. The van der Waals surface area contributed by atoms with E-state index in [1.807, 2.05) is 0 Å². The van der Waals surface area contributed by atoms with E-state index >= 15 is 0 Å². The van der Waals surface area contributed by atoms with E-state index in [9.17, 15) is 4.79 Å². The molecule has 0 radical (unpaired) electrons. The summed E-state index contributed by atoms with van der Waals surface area (Å²) in [6.45, 7) is 8.49. The Bertz CT molecular complexity index is 372. The van der Waals surface area contributed by atoms with Crippen molar-refractivity contribution < 1.29 is 4.79 Å². The quantitative estimate of drug-likeness (QED) is 0.685. The van der Waals surface area contributed by atoms with Gasteiger partial charge in [0.1, 0.15) is 5.78 Å². The number of carbonyl (C=O) groups is 1. The molecule has 18 heavy (non-hydrogen) atoms. The van der Waals surface area contributed by atoms with E-state index in [4.69, 9.17) is 0 Å². The van der Waals surface area contributed by atoms with Gasteiger partial charge in [0.2, 0.25) is 0 Å². The van der Waals surface area contributed by atoms with Crippen molar-refractivity contribution in [1.29, 1.82) is 0 Å². The van der Waals surface area contributed by atoms with Crippen LogP contribution >= 0.6 is 0 Å². The largest absolute Gasteiger partial charge is 0.299 e. The van der Waals surface area contributed by atoms with Crippen LogP contribution in [0, 0.1) is 19.8 Å². The standard InChI is InChI=1S/C17H26O/c1-5-7-8-16(6-2)17(18)12-15-10-13(3)9-14(4)11-15/h9-11,16H,5-8,12H2,1-4H3. The molecule has 0 fully saturated rings. The fourth-order valence-electron chi connectivity index (χ4n) is 2.56. The van der Waals surface area contributed by atoms with Crippen LogP contribution in [-0.2, 0) is 11.2 Å². The van der Waals surface area contributed by atoms with Crippen LogP contribution in [-0.4, -0.2) is 5.78 Å². The van der Waals surface area contributed by atoms with Gasteiger partial charge < -0.3 is 0 Å². The second-order valence-electron chi connectivity index (χ2n) is 5.39. The van der Waals surface area contributed by atoms with E-state index in [0.29, 0.717) is 12.2 Å². The van der Waals surface area contributed by atoms with Crippen molar-refractivity contribution in [1.82, 2.24) is 0 Å². The molecule has 0 saturated carbocycles. The maximum absolute atomic E-state index is 12.3. The van der Waals surface area contributed by atoms with Crippen LogP contribution in [0.4, 0.5) is 0 Å². The number of ketones is 1. The number of benzene rings is 1. The first-order valence-electron chi connectivity index (χ1n) is 7.16. The Morgan fingerprint density at radius 1 is 1.11 bits per heavy atom. The Morgan fingerprint density at radius 2 is 1.72 bits per heavy atom.